The van der Waals surface area contributed by atoms with Crippen LogP contribution in [0.5, 0.6) is 5.75 Å². The molecular formula is C27H29F5OSi. The Kier molecular flexibility index (Phi) is 9.35. The van der Waals surface area contributed by atoms with Gasteiger partial charge in [0.05, 0.1) is 17.7 Å². The number of terminal acetylenes is 1. The minimum atomic E-state index is -2.22. The Bertz CT molecular complexity index is 1120. The molecule has 0 spiro atoms. The first-order valence-corrected chi connectivity index (χ1v) is 14.8. The van der Waals surface area contributed by atoms with E-state index in [-0.39, 0.29) is 29.4 Å². The summed E-state index contributed by atoms with van der Waals surface area (Å²) < 4.78 is 77.3. The van der Waals surface area contributed by atoms with E-state index in [0.29, 0.717) is 5.56 Å². The molecule has 182 valence electrons. The molecule has 7 heteroatoms. The fourth-order valence-corrected chi connectivity index (χ4v) is 3.86. The summed E-state index contributed by atoms with van der Waals surface area (Å²) in [5.41, 5.74) is 2.32. The van der Waals surface area contributed by atoms with Crippen LogP contribution in [0.25, 0.3) is 11.1 Å². The van der Waals surface area contributed by atoms with Crippen LogP contribution in [0.1, 0.15) is 50.7 Å². The van der Waals surface area contributed by atoms with Crippen LogP contribution in [0.3, 0.4) is 0 Å². The zero-order valence-electron chi connectivity index (χ0n) is 20.1. The summed E-state index contributed by atoms with van der Waals surface area (Å²) >= 11 is 0. The van der Waals surface area contributed by atoms with E-state index in [2.05, 4.69) is 24.3 Å². The number of hydrogen-bond acceptors (Lipinski definition) is 1. The molecule has 0 aliphatic heterocycles. The SMILES string of the molecule is C#Cc1ccc(-c2c(F)c(F)c(F)c(F)c2F)c(OCC(CC)CCCC)c1C#C[Si](C)(C)C. The van der Waals surface area contributed by atoms with Gasteiger partial charge in [0.2, 0.25) is 5.82 Å². The highest BCUT2D eigenvalue weighted by molar-refractivity contribution is 6.83. The van der Waals surface area contributed by atoms with Crippen LogP contribution >= 0.6 is 0 Å². The van der Waals surface area contributed by atoms with Crippen LogP contribution in [0, 0.1) is 58.8 Å². The standard InChI is InChI=1S/C27H29F5OSi/c1-7-10-11-17(8-2)16-33-27-19(14-15-34(4,5)6)18(9-3)12-13-20(27)21-22(28)24(30)26(32)25(31)23(21)29/h3,12-13,17H,7-8,10-11,16H2,1-2,4-6H3. The molecule has 0 saturated heterocycles. The van der Waals surface area contributed by atoms with E-state index in [9.17, 15) is 22.0 Å². The Morgan fingerprint density at radius 1 is 0.941 bits per heavy atom. The molecule has 2 aromatic carbocycles. The van der Waals surface area contributed by atoms with Crippen LogP contribution in [0.4, 0.5) is 22.0 Å². The number of unbranched alkanes of at least 4 members (excludes halogenated alkanes) is 1. The molecule has 0 fully saturated rings. The van der Waals surface area contributed by atoms with Gasteiger partial charge in [0.1, 0.15) is 13.8 Å². The molecular weight excluding hydrogens is 463 g/mol. The minimum absolute atomic E-state index is 0.0700. The van der Waals surface area contributed by atoms with Crippen molar-refractivity contribution in [3.05, 3.63) is 52.3 Å². The largest absolute Gasteiger partial charge is 0.491 e. The molecule has 1 atom stereocenters. The van der Waals surface area contributed by atoms with E-state index in [4.69, 9.17) is 11.2 Å². The summed E-state index contributed by atoms with van der Waals surface area (Å²) in [5.74, 6) is -4.59. The van der Waals surface area contributed by atoms with Crippen molar-refractivity contribution in [2.75, 3.05) is 6.61 Å². The van der Waals surface area contributed by atoms with Gasteiger partial charge >= 0.3 is 0 Å². The molecule has 34 heavy (non-hydrogen) atoms. The molecule has 0 saturated carbocycles. The molecule has 0 aliphatic carbocycles. The van der Waals surface area contributed by atoms with E-state index in [1.807, 2.05) is 26.6 Å². The van der Waals surface area contributed by atoms with Gasteiger partial charge in [0, 0.05) is 11.1 Å². The lowest BCUT2D eigenvalue weighted by molar-refractivity contribution is 0.233. The topological polar surface area (TPSA) is 9.23 Å². The van der Waals surface area contributed by atoms with Crippen molar-refractivity contribution in [2.24, 2.45) is 5.92 Å². The Labute approximate surface area is 199 Å². The predicted molar refractivity (Wildman–Crippen MR) is 129 cm³/mol. The van der Waals surface area contributed by atoms with Gasteiger partial charge in [-0.05, 0) is 24.5 Å². The molecule has 0 heterocycles. The number of ether oxygens (including phenoxy) is 1. The Morgan fingerprint density at radius 2 is 1.53 bits per heavy atom. The van der Waals surface area contributed by atoms with Gasteiger partial charge in [-0.25, -0.2) is 22.0 Å². The summed E-state index contributed by atoms with van der Waals surface area (Å²) in [6.07, 6.45) is 9.27. The first kappa shape index (κ1) is 27.5. The molecule has 2 aromatic rings. The van der Waals surface area contributed by atoms with Crippen molar-refractivity contribution in [1.82, 2.24) is 0 Å². The second-order valence-electron chi connectivity index (χ2n) is 9.18. The van der Waals surface area contributed by atoms with Crippen LogP contribution in [-0.4, -0.2) is 14.7 Å². The Balaban J connectivity index is 2.82. The first-order valence-electron chi connectivity index (χ1n) is 11.3. The average molecular weight is 493 g/mol. The third-order valence-electron chi connectivity index (χ3n) is 5.36. The molecule has 0 amide bonds. The summed E-state index contributed by atoms with van der Waals surface area (Å²) in [6, 6.07) is 2.60. The highest BCUT2D eigenvalue weighted by Gasteiger charge is 2.29. The maximum absolute atomic E-state index is 14.7. The smallest absolute Gasteiger partial charge is 0.200 e. The van der Waals surface area contributed by atoms with E-state index >= 15 is 0 Å². The van der Waals surface area contributed by atoms with Crippen LogP contribution in [0.2, 0.25) is 19.6 Å². The second-order valence-corrected chi connectivity index (χ2v) is 13.9. The van der Waals surface area contributed by atoms with Gasteiger partial charge in [0.15, 0.2) is 23.3 Å². The minimum Gasteiger partial charge on any atom is -0.491 e. The Hall–Kier alpha value is -2.77. The number of halogens is 5. The zero-order valence-corrected chi connectivity index (χ0v) is 21.1. The first-order chi connectivity index (χ1) is 16.0. The number of hydrogen-bond donors (Lipinski definition) is 0. The number of benzene rings is 2. The lowest BCUT2D eigenvalue weighted by Crippen LogP contribution is -2.17. The van der Waals surface area contributed by atoms with Gasteiger partial charge in [-0.2, -0.15) is 0 Å². The summed E-state index contributed by atoms with van der Waals surface area (Å²) in [6.45, 7) is 10.3. The zero-order chi connectivity index (χ0) is 25.6. The van der Waals surface area contributed by atoms with E-state index < -0.39 is 42.7 Å². The highest BCUT2D eigenvalue weighted by atomic mass is 28.3. The molecule has 0 aliphatic rings. The monoisotopic (exact) mass is 492 g/mol. The molecule has 1 nitrogen and oxygen atoms in total. The summed E-state index contributed by atoms with van der Waals surface area (Å²) in [4.78, 5) is 0. The van der Waals surface area contributed by atoms with Crippen molar-refractivity contribution in [3.63, 3.8) is 0 Å². The van der Waals surface area contributed by atoms with E-state index in [1.165, 1.54) is 12.1 Å². The third-order valence-corrected chi connectivity index (χ3v) is 6.24. The number of rotatable bonds is 8. The van der Waals surface area contributed by atoms with Gasteiger partial charge in [-0.15, -0.1) is 12.0 Å². The fourth-order valence-electron chi connectivity index (χ4n) is 3.36. The van der Waals surface area contributed by atoms with Gasteiger partial charge < -0.3 is 4.74 Å². The van der Waals surface area contributed by atoms with Crippen molar-refractivity contribution < 1.29 is 26.7 Å². The Morgan fingerprint density at radius 3 is 2.03 bits per heavy atom. The molecule has 0 N–H and O–H groups in total. The van der Waals surface area contributed by atoms with Crippen LogP contribution < -0.4 is 4.74 Å². The van der Waals surface area contributed by atoms with Crippen LogP contribution in [0.15, 0.2) is 12.1 Å². The molecule has 2 rings (SSSR count). The van der Waals surface area contributed by atoms with Crippen molar-refractivity contribution >= 4 is 8.07 Å². The third kappa shape index (κ3) is 6.21. The maximum Gasteiger partial charge on any atom is 0.200 e. The molecule has 1 unspecified atom stereocenters. The summed E-state index contributed by atoms with van der Waals surface area (Å²) in [5, 5.41) is 0. The molecule has 0 radical (unpaired) electrons. The fraction of sp³-hybridized carbons (Fsp3) is 0.407. The normalized spacial score (nSPS) is 12.0. The van der Waals surface area contributed by atoms with E-state index in [0.717, 1.165) is 25.7 Å². The van der Waals surface area contributed by atoms with Crippen molar-refractivity contribution in [2.45, 2.75) is 59.2 Å². The lowest BCUT2D eigenvalue weighted by atomic mass is 9.96. The van der Waals surface area contributed by atoms with Gasteiger partial charge in [0.25, 0.3) is 0 Å². The lowest BCUT2D eigenvalue weighted by Gasteiger charge is -2.20. The predicted octanol–water partition coefficient (Wildman–Crippen LogP) is 7.85. The second kappa shape index (κ2) is 11.6. The summed E-state index contributed by atoms with van der Waals surface area (Å²) in [7, 11) is -1.91. The quantitative estimate of drug-likeness (QED) is 0.120. The molecule has 0 aromatic heterocycles. The average Bonchev–Trinajstić information content (AvgIpc) is 2.80. The maximum atomic E-state index is 14.7. The van der Waals surface area contributed by atoms with E-state index in [1.54, 1.807) is 0 Å². The van der Waals surface area contributed by atoms with Gasteiger partial charge in [-0.1, -0.05) is 64.6 Å². The highest BCUT2D eigenvalue weighted by Crippen LogP contribution is 2.40. The van der Waals surface area contributed by atoms with Crippen molar-refractivity contribution in [1.29, 1.82) is 0 Å². The van der Waals surface area contributed by atoms with Gasteiger partial charge in [-0.3, -0.25) is 0 Å². The van der Waals surface area contributed by atoms with Crippen molar-refractivity contribution in [3.8, 4) is 40.7 Å². The molecule has 0 bridgehead atoms. The van der Waals surface area contributed by atoms with Crippen LogP contribution in [-0.2, 0) is 0 Å².